The van der Waals surface area contributed by atoms with Crippen molar-refractivity contribution in [3.8, 4) is 11.1 Å². The van der Waals surface area contributed by atoms with Gasteiger partial charge in [0.1, 0.15) is 0 Å². The highest BCUT2D eigenvalue weighted by atomic mass is 19.4. The van der Waals surface area contributed by atoms with E-state index in [0.717, 1.165) is 22.8 Å². The molecule has 3 aromatic carbocycles. The minimum absolute atomic E-state index is 0.0475. The van der Waals surface area contributed by atoms with Crippen LogP contribution in [0.5, 0.6) is 0 Å². The Balaban J connectivity index is 1.64. The van der Waals surface area contributed by atoms with Gasteiger partial charge < -0.3 is 25.0 Å². The van der Waals surface area contributed by atoms with Gasteiger partial charge in [0.2, 0.25) is 0 Å². The molecular weight excluding hydrogens is 535 g/mol. The highest BCUT2D eigenvalue weighted by Gasteiger charge is 2.35. The van der Waals surface area contributed by atoms with E-state index in [9.17, 15) is 27.9 Å². The lowest BCUT2D eigenvalue weighted by molar-refractivity contribution is -0.136. The number of hydrogen-bond acceptors (Lipinski definition) is 4. The number of rotatable bonds is 5. The number of carbonyl (C=O) groups excluding carboxylic acids is 2. The Labute approximate surface area is 237 Å². The maximum atomic E-state index is 13.9. The van der Waals surface area contributed by atoms with E-state index in [2.05, 4.69) is 5.32 Å². The summed E-state index contributed by atoms with van der Waals surface area (Å²) in [5.41, 5.74) is 1.65. The van der Waals surface area contributed by atoms with Crippen molar-refractivity contribution in [2.24, 2.45) is 5.92 Å². The molecule has 0 radical (unpaired) electrons. The van der Waals surface area contributed by atoms with Gasteiger partial charge in [-0.3, -0.25) is 4.79 Å². The molecule has 3 atom stereocenters. The third-order valence-corrected chi connectivity index (χ3v) is 7.37. The molecule has 1 aliphatic heterocycles. The van der Waals surface area contributed by atoms with Crippen LogP contribution >= 0.6 is 0 Å². The Morgan fingerprint density at radius 1 is 1.05 bits per heavy atom. The first-order chi connectivity index (χ1) is 19.5. The molecule has 7 nitrogen and oxygen atoms in total. The Bertz CT molecular complexity index is 1380. The molecule has 4 rings (SSSR count). The van der Waals surface area contributed by atoms with Gasteiger partial charge in [0.25, 0.3) is 5.91 Å². The number of likely N-dealkylation sites (N-methyl/N-ethyl adjacent to an activating group) is 1. The lowest BCUT2D eigenvalue weighted by atomic mass is 9.94. The van der Waals surface area contributed by atoms with E-state index in [0.29, 0.717) is 5.56 Å². The summed E-state index contributed by atoms with van der Waals surface area (Å²) >= 11 is 0. The number of halogens is 3. The fourth-order valence-electron chi connectivity index (χ4n) is 4.95. The van der Waals surface area contributed by atoms with Crippen LogP contribution in [0.25, 0.3) is 11.1 Å². The number of fused-ring (bicyclic) bond motifs is 3. The number of hydrogen-bond donors (Lipinski definition) is 2. The van der Waals surface area contributed by atoms with Gasteiger partial charge in [0.05, 0.1) is 36.6 Å². The number of urea groups is 1. The van der Waals surface area contributed by atoms with Gasteiger partial charge in [-0.15, -0.1) is 0 Å². The molecule has 1 aliphatic rings. The van der Waals surface area contributed by atoms with Gasteiger partial charge in [0.15, 0.2) is 0 Å². The molecule has 1 heterocycles. The Morgan fingerprint density at radius 3 is 2.34 bits per heavy atom. The number of aliphatic hydroxyl groups excluding tert-OH is 1. The van der Waals surface area contributed by atoms with Crippen LogP contribution in [0.3, 0.4) is 0 Å². The Morgan fingerprint density at radius 2 is 1.66 bits per heavy atom. The van der Waals surface area contributed by atoms with Crippen LogP contribution in [0.15, 0.2) is 72.8 Å². The summed E-state index contributed by atoms with van der Waals surface area (Å²) < 4.78 is 46.8. The molecule has 2 N–H and O–H groups in total. The summed E-state index contributed by atoms with van der Waals surface area (Å²) in [6, 6.07) is 18.5. The number of carbonyl (C=O) groups is 2. The van der Waals surface area contributed by atoms with E-state index >= 15 is 0 Å². The van der Waals surface area contributed by atoms with E-state index in [4.69, 9.17) is 4.74 Å². The summed E-state index contributed by atoms with van der Waals surface area (Å²) in [5.74, 6) is -0.539. The van der Waals surface area contributed by atoms with E-state index in [-0.39, 0.29) is 43.8 Å². The predicted octanol–water partition coefficient (Wildman–Crippen LogP) is 5.89. The normalized spacial score (nSPS) is 18.5. The van der Waals surface area contributed by atoms with Crippen LogP contribution in [0, 0.1) is 5.92 Å². The summed E-state index contributed by atoms with van der Waals surface area (Å²) in [5, 5.41) is 12.3. The molecule has 0 saturated heterocycles. The Hall–Kier alpha value is -3.89. The first-order valence-corrected chi connectivity index (χ1v) is 13.4. The number of ether oxygens (including phenoxy) is 1. The molecule has 10 heteroatoms. The molecule has 0 spiro atoms. The minimum Gasteiger partial charge on any atom is -0.394 e. The standard InChI is InChI=1S/C31H34F3N3O4/c1-20-16-37(21(2)18-38)29(39)25-13-7-6-12-24(25)23-11-5-4-10-22(23)19-41-28(20)17-36(3)30(40)35-27-15-9-8-14-26(27)31(32,33)34/h4-15,20-21,28,38H,16-19H2,1-3H3,(H,35,40)/t20-,21+,28-/m0/s1. The van der Waals surface area contributed by atoms with Crippen molar-refractivity contribution in [3.63, 3.8) is 0 Å². The van der Waals surface area contributed by atoms with Gasteiger partial charge >= 0.3 is 12.2 Å². The van der Waals surface area contributed by atoms with E-state index in [1.54, 1.807) is 24.0 Å². The van der Waals surface area contributed by atoms with Gasteiger partial charge in [-0.25, -0.2) is 4.79 Å². The summed E-state index contributed by atoms with van der Waals surface area (Å²) in [7, 11) is 1.48. The molecule has 218 valence electrons. The Kier molecular flexibility index (Phi) is 9.35. The smallest absolute Gasteiger partial charge is 0.394 e. The van der Waals surface area contributed by atoms with Crippen molar-refractivity contribution < 1.29 is 32.6 Å². The highest BCUT2D eigenvalue weighted by Crippen LogP contribution is 2.35. The second kappa shape index (κ2) is 12.7. The zero-order valence-corrected chi connectivity index (χ0v) is 23.2. The molecule has 0 aromatic heterocycles. The number of alkyl halides is 3. The van der Waals surface area contributed by atoms with Crippen LogP contribution < -0.4 is 5.32 Å². The first-order valence-electron chi connectivity index (χ1n) is 13.4. The van der Waals surface area contributed by atoms with Crippen LogP contribution in [0.1, 0.15) is 35.3 Å². The second-order valence-corrected chi connectivity index (χ2v) is 10.4. The molecule has 3 aromatic rings. The first kappa shape index (κ1) is 30.1. The third-order valence-electron chi connectivity index (χ3n) is 7.37. The third kappa shape index (κ3) is 6.89. The highest BCUT2D eigenvalue weighted by molar-refractivity contribution is 6.01. The number of para-hydroxylation sites is 1. The maximum absolute atomic E-state index is 13.9. The van der Waals surface area contributed by atoms with Crippen molar-refractivity contribution >= 4 is 17.6 Å². The van der Waals surface area contributed by atoms with Gasteiger partial charge in [-0.1, -0.05) is 61.5 Å². The van der Waals surface area contributed by atoms with E-state index in [1.807, 2.05) is 43.3 Å². The minimum atomic E-state index is -4.63. The van der Waals surface area contributed by atoms with Crippen LogP contribution in [0.2, 0.25) is 0 Å². The van der Waals surface area contributed by atoms with E-state index < -0.39 is 29.9 Å². The number of amides is 3. The number of anilines is 1. The monoisotopic (exact) mass is 569 g/mol. The maximum Gasteiger partial charge on any atom is 0.418 e. The quantitative estimate of drug-likeness (QED) is 0.401. The summed E-state index contributed by atoms with van der Waals surface area (Å²) in [6.07, 6.45) is -5.21. The zero-order chi connectivity index (χ0) is 29.7. The van der Waals surface area contributed by atoms with Crippen LogP contribution in [-0.2, 0) is 17.5 Å². The van der Waals surface area contributed by atoms with E-state index in [1.165, 1.54) is 30.1 Å². The molecule has 0 bridgehead atoms. The fraction of sp³-hybridized carbons (Fsp3) is 0.355. The lowest BCUT2D eigenvalue weighted by Crippen LogP contribution is -2.48. The van der Waals surface area contributed by atoms with Crippen molar-refractivity contribution in [1.29, 1.82) is 0 Å². The van der Waals surface area contributed by atoms with Crippen molar-refractivity contribution in [1.82, 2.24) is 9.80 Å². The molecule has 3 amide bonds. The largest absolute Gasteiger partial charge is 0.418 e. The van der Waals surface area contributed by atoms with Crippen LogP contribution in [-0.4, -0.2) is 65.7 Å². The van der Waals surface area contributed by atoms with Gasteiger partial charge in [-0.05, 0) is 41.8 Å². The average Bonchev–Trinajstić information content (AvgIpc) is 2.97. The second-order valence-electron chi connectivity index (χ2n) is 10.4. The number of nitrogens with one attached hydrogen (secondary N) is 1. The van der Waals surface area contributed by atoms with Gasteiger partial charge in [0, 0.05) is 31.6 Å². The number of benzene rings is 3. The molecule has 0 aliphatic carbocycles. The van der Waals surface area contributed by atoms with Crippen molar-refractivity contribution in [3.05, 3.63) is 89.5 Å². The van der Waals surface area contributed by atoms with Crippen molar-refractivity contribution in [2.75, 3.05) is 32.1 Å². The number of nitrogens with zero attached hydrogens (tertiary/aromatic N) is 2. The fourth-order valence-corrected chi connectivity index (χ4v) is 4.95. The molecule has 41 heavy (non-hydrogen) atoms. The van der Waals surface area contributed by atoms with Crippen molar-refractivity contribution in [2.45, 2.75) is 38.8 Å². The predicted molar refractivity (Wildman–Crippen MR) is 150 cm³/mol. The molecule has 0 unspecified atom stereocenters. The molecule has 0 saturated carbocycles. The summed E-state index contributed by atoms with van der Waals surface area (Å²) in [6.45, 7) is 3.86. The molecule has 0 fully saturated rings. The topological polar surface area (TPSA) is 82.1 Å². The number of aliphatic hydroxyl groups is 1. The lowest BCUT2D eigenvalue weighted by Gasteiger charge is -2.35. The van der Waals surface area contributed by atoms with Gasteiger partial charge in [-0.2, -0.15) is 13.2 Å². The van der Waals surface area contributed by atoms with Crippen LogP contribution in [0.4, 0.5) is 23.7 Å². The summed E-state index contributed by atoms with van der Waals surface area (Å²) in [4.78, 5) is 29.8. The molecular formula is C31H34F3N3O4. The SMILES string of the molecule is C[C@H](CO)N1C[C@H](C)[C@H](CN(C)C(=O)Nc2ccccc2C(F)(F)F)OCc2ccccc2-c2ccccc2C1=O. The average molecular weight is 570 g/mol. The zero-order valence-electron chi connectivity index (χ0n) is 23.2.